The van der Waals surface area contributed by atoms with E-state index in [0.717, 1.165) is 15.8 Å². The van der Waals surface area contributed by atoms with Gasteiger partial charge in [-0.1, -0.05) is 0 Å². The Morgan fingerprint density at radius 2 is 1.67 bits per heavy atom. The number of carbonyl (C=O) groups excluding carboxylic acids is 2. The van der Waals surface area contributed by atoms with Crippen LogP contribution in [0.3, 0.4) is 0 Å². The van der Waals surface area contributed by atoms with Gasteiger partial charge in [-0.05, 0) is 0 Å². The van der Waals surface area contributed by atoms with E-state index in [4.69, 9.17) is 9.47 Å². The second-order valence-electron chi connectivity index (χ2n) is 5.65. The van der Waals surface area contributed by atoms with Crippen molar-refractivity contribution in [2.45, 2.75) is 49.6 Å². The summed E-state index contributed by atoms with van der Waals surface area (Å²) < 4.78 is 13.7. The number of hydrogen-bond acceptors (Lipinski definition) is 4. The van der Waals surface area contributed by atoms with Crippen molar-refractivity contribution in [2.24, 2.45) is 0 Å². The van der Waals surface area contributed by atoms with Crippen LogP contribution in [-0.2, 0) is 19.1 Å². The molecule has 0 saturated heterocycles. The van der Waals surface area contributed by atoms with Crippen LogP contribution in [0.5, 0.6) is 0 Å². The Labute approximate surface area is 147 Å². The van der Waals surface area contributed by atoms with Crippen LogP contribution in [0.2, 0.25) is 15.8 Å². The minimum absolute atomic E-state index is 0.0381. The van der Waals surface area contributed by atoms with Crippen LogP contribution in [0.15, 0.2) is 30.3 Å². The van der Waals surface area contributed by atoms with E-state index >= 15 is 0 Å². The molecule has 0 aliphatic rings. The van der Waals surface area contributed by atoms with E-state index in [1.165, 1.54) is 6.92 Å². The van der Waals surface area contributed by atoms with Gasteiger partial charge in [0.15, 0.2) is 0 Å². The van der Waals surface area contributed by atoms with Gasteiger partial charge in [-0.3, -0.25) is 0 Å². The number of carbonyl (C=O) groups is 2. The van der Waals surface area contributed by atoms with E-state index in [0.29, 0.717) is 5.56 Å². The molecular weight excluding hydrogens is 365 g/mol. The average molecular weight is 391 g/mol. The second kappa shape index (κ2) is 10.2. The molecule has 0 saturated carbocycles. The zero-order valence-electron chi connectivity index (χ0n) is 14.9. The van der Waals surface area contributed by atoms with Crippen LogP contribution in [-0.4, -0.2) is 31.8 Å². The molecule has 1 unspecified atom stereocenters. The molecule has 0 aromatic heterocycles. The SMILES string of the molecule is C[CH2][Ge]([C]#CCOC(=O)C(OC(C)=O)c1ccccc1)([CH2]C)[CH2]C. The number of rotatable bonds is 7. The van der Waals surface area contributed by atoms with Crippen molar-refractivity contribution < 1.29 is 19.1 Å². The maximum atomic E-state index is 12.3. The average Bonchev–Trinajstić information content (AvgIpc) is 2.61. The van der Waals surface area contributed by atoms with Gasteiger partial charge in [0.25, 0.3) is 0 Å². The molecule has 1 aromatic carbocycles. The Morgan fingerprint density at radius 1 is 1.08 bits per heavy atom. The van der Waals surface area contributed by atoms with Crippen molar-refractivity contribution in [3.05, 3.63) is 35.9 Å². The van der Waals surface area contributed by atoms with E-state index in [-0.39, 0.29) is 6.61 Å². The van der Waals surface area contributed by atoms with Gasteiger partial charge < -0.3 is 0 Å². The van der Waals surface area contributed by atoms with Crippen LogP contribution in [0.1, 0.15) is 39.4 Å². The Kier molecular flexibility index (Phi) is 8.63. The van der Waals surface area contributed by atoms with Crippen molar-refractivity contribution in [3.8, 4) is 10.7 Å². The fourth-order valence-corrected chi connectivity index (χ4v) is 7.67. The van der Waals surface area contributed by atoms with Crippen molar-refractivity contribution in [3.63, 3.8) is 0 Å². The summed E-state index contributed by atoms with van der Waals surface area (Å²) in [4.78, 5) is 23.5. The molecular formula is C19H26GeO4. The molecule has 1 atom stereocenters. The predicted octanol–water partition coefficient (Wildman–Crippen LogP) is 3.89. The Balaban J connectivity index is 2.75. The fraction of sp³-hybridized carbons (Fsp3) is 0.474. The van der Waals surface area contributed by atoms with Gasteiger partial charge in [-0.15, -0.1) is 0 Å². The Hall–Kier alpha value is -1.74. The molecule has 130 valence electrons. The summed E-state index contributed by atoms with van der Waals surface area (Å²) in [5, 5.41) is 3.44. The summed E-state index contributed by atoms with van der Waals surface area (Å²) in [7, 11) is 0. The van der Waals surface area contributed by atoms with Crippen LogP contribution in [0.25, 0.3) is 0 Å². The van der Waals surface area contributed by atoms with Crippen LogP contribution in [0.4, 0.5) is 0 Å². The minimum atomic E-state index is -2.08. The summed E-state index contributed by atoms with van der Waals surface area (Å²) in [6, 6.07) is 8.85. The van der Waals surface area contributed by atoms with Crippen LogP contribution in [0, 0.1) is 10.7 Å². The van der Waals surface area contributed by atoms with E-state index in [1.54, 1.807) is 24.3 Å². The van der Waals surface area contributed by atoms with Crippen molar-refractivity contribution in [1.82, 2.24) is 0 Å². The zero-order chi connectivity index (χ0) is 18.0. The van der Waals surface area contributed by atoms with Crippen LogP contribution >= 0.6 is 0 Å². The number of hydrogen-bond donors (Lipinski definition) is 0. The molecule has 4 nitrogen and oxygen atoms in total. The molecule has 0 spiro atoms. The van der Waals surface area contributed by atoms with Gasteiger partial charge in [-0.25, -0.2) is 0 Å². The summed E-state index contributed by atoms with van der Waals surface area (Å²) in [5.41, 5.74) is 0.591. The zero-order valence-corrected chi connectivity index (χ0v) is 17.0. The summed E-state index contributed by atoms with van der Waals surface area (Å²) in [6.45, 7) is 7.89. The Morgan fingerprint density at radius 3 is 2.17 bits per heavy atom. The molecule has 0 aliphatic heterocycles. The standard InChI is InChI=1S/C19H26GeO4/c1-5-20(6-2,7-3)14-11-15-23-19(22)18(24-16(4)21)17-12-9-8-10-13-17/h8-10,12-13,18H,5-7,15H2,1-4H3. The summed E-state index contributed by atoms with van der Waals surface area (Å²) >= 11 is -2.08. The first-order valence-electron chi connectivity index (χ1n) is 8.36. The van der Waals surface area contributed by atoms with Gasteiger partial charge >= 0.3 is 147 Å². The molecule has 0 amide bonds. The van der Waals surface area contributed by atoms with E-state index in [1.807, 2.05) is 6.07 Å². The normalized spacial score (nSPS) is 11.8. The van der Waals surface area contributed by atoms with Crippen LogP contribution < -0.4 is 0 Å². The van der Waals surface area contributed by atoms with E-state index < -0.39 is 31.3 Å². The molecule has 24 heavy (non-hydrogen) atoms. The molecule has 0 aliphatic carbocycles. The fourth-order valence-electron chi connectivity index (χ4n) is 2.47. The van der Waals surface area contributed by atoms with E-state index in [2.05, 4.69) is 31.4 Å². The van der Waals surface area contributed by atoms with E-state index in [9.17, 15) is 9.59 Å². The Bertz CT molecular complexity index is 589. The van der Waals surface area contributed by atoms with Gasteiger partial charge in [-0.2, -0.15) is 0 Å². The van der Waals surface area contributed by atoms with Crippen molar-refractivity contribution in [2.75, 3.05) is 6.61 Å². The molecule has 1 rings (SSSR count). The van der Waals surface area contributed by atoms with Crippen molar-refractivity contribution in [1.29, 1.82) is 0 Å². The topological polar surface area (TPSA) is 52.6 Å². The first-order valence-corrected chi connectivity index (χ1v) is 13.9. The number of ether oxygens (including phenoxy) is 2. The van der Waals surface area contributed by atoms with Gasteiger partial charge in [0.2, 0.25) is 0 Å². The van der Waals surface area contributed by atoms with Crippen molar-refractivity contribution >= 4 is 25.2 Å². The number of benzene rings is 1. The monoisotopic (exact) mass is 392 g/mol. The molecule has 0 bridgehead atoms. The molecule has 1 aromatic rings. The van der Waals surface area contributed by atoms with Gasteiger partial charge in [0.05, 0.1) is 0 Å². The second-order valence-corrected chi connectivity index (χ2v) is 16.0. The maximum absolute atomic E-state index is 12.3. The van der Waals surface area contributed by atoms with Gasteiger partial charge in [0.1, 0.15) is 0 Å². The third kappa shape index (κ3) is 6.05. The summed E-state index contributed by atoms with van der Waals surface area (Å²) in [6.07, 6.45) is -1.04. The molecule has 0 N–H and O–H groups in total. The third-order valence-electron chi connectivity index (χ3n) is 4.27. The predicted molar refractivity (Wildman–Crippen MR) is 96.9 cm³/mol. The third-order valence-corrected chi connectivity index (χ3v) is 14.3. The molecule has 0 heterocycles. The quantitative estimate of drug-likeness (QED) is 0.402. The number of esters is 2. The first-order chi connectivity index (χ1) is 11.5. The van der Waals surface area contributed by atoms with Gasteiger partial charge in [0, 0.05) is 0 Å². The first kappa shape index (κ1) is 20.3. The molecule has 0 radical (unpaired) electrons. The molecule has 5 heteroatoms. The molecule has 0 fully saturated rings. The summed E-state index contributed by atoms with van der Waals surface area (Å²) in [5.74, 6) is 1.91.